The number of ether oxygens (including phenoxy) is 1. The lowest BCUT2D eigenvalue weighted by molar-refractivity contribution is 0.122. The average molecular weight is 589 g/mol. The molecule has 0 aliphatic carbocycles. The second kappa shape index (κ2) is 10.5. The Bertz CT molecular complexity index is 1430. The van der Waals surface area contributed by atoms with E-state index < -0.39 is 0 Å². The summed E-state index contributed by atoms with van der Waals surface area (Å²) < 4.78 is 8.90. The van der Waals surface area contributed by atoms with Crippen LogP contribution in [0.3, 0.4) is 0 Å². The summed E-state index contributed by atoms with van der Waals surface area (Å²) in [6.07, 6.45) is 1.85. The minimum Gasteiger partial charge on any atom is -0.378 e. The highest BCUT2D eigenvalue weighted by Crippen LogP contribution is 2.44. The predicted octanol–water partition coefficient (Wildman–Crippen LogP) is 6.27. The first kappa shape index (κ1) is 25.1. The number of hydrogen-bond acceptors (Lipinski definition) is 4. The van der Waals surface area contributed by atoms with Crippen molar-refractivity contribution >= 4 is 44.6 Å². The third-order valence-electron chi connectivity index (χ3n) is 7.48. The molecule has 2 aromatic carbocycles. The Hall–Kier alpha value is -3.20. The average Bonchev–Trinajstić information content (AvgIpc) is 3.45. The summed E-state index contributed by atoms with van der Waals surface area (Å²) in [5, 5.41) is 4.28. The van der Waals surface area contributed by atoms with Gasteiger partial charge in [-0.2, -0.15) is 0 Å². The van der Waals surface area contributed by atoms with Crippen molar-refractivity contribution in [3.63, 3.8) is 0 Å². The summed E-state index contributed by atoms with van der Waals surface area (Å²) in [4.78, 5) is 9.32. The summed E-state index contributed by atoms with van der Waals surface area (Å²) in [5.41, 5.74) is 8.02. The Morgan fingerprint density at radius 3 is 2.29 bits per heavy atom. The van der Waals surface area contributed by atoms with Gasteiger partial charge < -0.3 is 24.4 Å². The molecular formula is C30H30BrN5OS. The number of morpholine rings is 1. The molecule has 0 unspecified atom stereocenters. The van der Waals surface area contributed by atoms with Crippen LogP contribution in [0.4, 0.5) is 11.4 Å². The number of benzene rings is 2. The van der Waals surface area contributed by atoms with Crippen LogP contribution >= 0.6 is 28.1 Å². The van der Waals surface area contributed by atoms with E-state index in [2.05, 4.69) is 110 Å². The molecule has 0 spiro atoms. The van der Waals surface area contributed by atoms with Crippen molar-refractivity contribution in [2.45, 2.75) is 25.9 Å². The zero-order chi connectivity index (χ0) is 26.2. The number of aromatic nitrogens is 2. The van der Waals surface area contributed by atoms with Crippen molar-refractivity contribution in [2.24, 2.45) is 0 Å². The molecule has 8 heteroatoms. The fourth-order valence-electron chi connectivity index (χ4n) is 5.67. The molecule has 2 fully saturated rings. The number of hydrogen-bond donors (Lipinski definition) is 1. The summed E-state index contributed by atoms with van der Waals surface area (Å²) in [6, 6.07) is 25.4. The largest absolute Gasteiger partial charge is 0.378 e. The summed E-state index contributed by atoms with van der Waals surface area (Å²) >= 11 is 9.49. The lowest BCUT2D eigenvalue weighted by Gasteiger charge is -2.29. The van der Waals surface area contributed by atoms with E-state index in [1.807, 2.05) is 18.3 Å². The molecular weight excluding hydrogens is 558 g/mol. The van der Waals surface area contributed by atoms with Gasteiger partial charge in [0.15, 0.2) is 5.11 Å². The number of halogens is 1. The highest BCUT2D eigenvalue weighted by atomic mass is 79.9. The molecule has 2 aliphatic heterocycles. The first-order valence-electron chi connectivity index (χ1n) is 12.9. The topological polar surface area (TPSA) is 45.6 Å². The van der Waals surface area contributed by atoms with Crippen molar-refractivity contribution < 1.29 is 4.74 Å². The van der Waals surface area contributed by atoms with Crippen LogP contribution in [0.1, 0.15) is 34.7 Å². The first-order chi connectivity index (χ1) is 18.5. The van der Waals surface area contributed by atoms with Gasteiger partial charge in [-0.25, -0.2) is 0 Å². The van der Waals surface area contributed by atoms with Crippen LogP contribution in [0.5, 0.6) is 0 Å². The fourth-order valence-corrected chi connectivity index (χ4v) is 6.28. The normalized spacial score (nSPS) is 19.6. The lowest BCUT2D eigenvalue weighted by Crippen LogP contribution is -2.36. The van der Waals surface area contributed by atoms with Gasteiger partial charge >= 0.3 is 0 Å². The highest BCUT2D eigenvalue weighted by Gasteiger charge is 2.42. The number of aryl methyl sites for hydroxylation is 1. The zero-order valence-corrected chi connectivity index (χ0v) is 23.9. The zero-order valence-electron chi connectivity index (χ0n) is 21.5. The van der Waals surface area contributed by atoms with E-state index in [0.717, 1.165) is 47.8 Å². The predicted molar refractivity (Wildman–Crippen MR) is 160 cm³/mol. The maximum atomic E-state index is 5.92. The van der Waals surface area contributed by atoms with Crippen LogP contribution in [-0.2, 0) is 4.74 Å². The van der Waals surface area contributed by atoms with Gasteiger partial charge in [0.05, 0.1) is 31.0 Å². The maximum absolute atomic E-state index is 5.92. The number of anilines is 2. The van der Waals surface area contributed by atoms with Crippen LogP contribution in [0, 0.1) is 13.8 Å². The van der Waals surface area contributed by atoms with Crippen molar-refractivity contribution in [1.29, 1.82) is 0 Å². The summed E-state index contributed by atoms with van der Waals surface area (Å²) in [5.74, 6) is 0. The van der Waals surface area contributed by atoms with E-state index in [4.69, 9.17) is 21.9 Å². The molecule has 0 bridgehead atoms. The SMILES string of the molecule is Cc1cc([C@H]2[C@H](c3ccccn3)NC(=S)N2c2ccc(Br)cc2)c(C)n1-c1ccc(N2CCOCC2)cc1. The molecule has 194 valence electrons. The summed E-state index contributed by atoms with van der Waals surface area (Å²) in [7, 11) is 0. The van der Waals surface area contributed by atoms with Gasteiger partial charge in [-0.15, -0.1) is 0 Å². The molecule has 0 saturated carbocycles. The molecule has 2 saturated heterocycles. The quantitative estimate of drug-likeness (QED) is 0.278. The van der Waals surface area contributed by atoms with Crippen LogP contribution in [0.25, 0.3) is 5.69 Å². The van der Waals surface area contributed by atoms with Gasteiger partial charge in [-0.3, -0.25) is 4.98 Å². The molecule has 2 aliphatic rings. The molecule has 38 heavy (non-hydrogen) atoms. The maximum Gasteiger partial charge on any atom is 0.174 e. The minimum atomic E-state index is -0.0787. The molecule has 1 N–H and O–H groups in total. The number of nitrogens with zero attached hydrogens (tertiary/aromatic N) is 4. The molecule has 0 amide bonds. The van der Waals surface area contributed by atoms with Gasteiger partial charge in [-0.1, -0.05) is 22.0 Å². The number of thiocarbonyl (C=S) groups is 1. The lowest BCUT2D eigenvalue weighted by atomic mass is 9.96. The molecule has 2 aromatic heterocycles. The van der Waals surface area contributed by atoms with Gasteiger partial charge in [-0.05, 0) is 98.4 Å². The van der Waals surface area contributed by atoms with Gasteiger partial charge in [0, 0.05) is 52.2 Å². The van der Waals surface area contributed by atoms with E-state index in [1.165, 1.54) is 22.6 Å². The second-order valence-electron chi connectivity index (χ2n) is 9.75. The first-order valence-corrected chi connectivity index (χ1v) is 14.1. The van der Waals surface area contributed by atoms with Crippen LogP contribution in [0.15, 0.2) is 83.5 Å². The van der Waals surface area contributed by atoms with Crippen molar-refractivity contribution in [3.8, 4) is 5.69 Å². The van der Waals surface area contributed by atoms with E-state index in [9.17, 15) is 0 Å². The molecule has 2 atom stereocenters. The van der Waals surface area contributed by atoms with E-state index in [-0.39, 0.29) is 12.1 Å². The second-order valence-corrected chi connectivity index (χ2v) is 11.1. The van der Waals surface area contributed by atoms with Gasteiger partial charge in [0.25, 0.3) is 0 Å². The summed E-state index contributed by atoms with van der Waals surface area (Å²) in [6.45, 7) is 7.80. The molecule has 4 aromatic rings. The van der Waals surface area contributed by atoms with Crippen molar-refractivity contribution in [3.05, 3.63) is 106 Å². The third-order valence-corrected chi connectivity index (χ3v) is 8.32. The Morgan fingerprint density at radius 1 is 0.921 bits per heavy atom. The standard InChI is InChI=1S/C30H30BrN5OS/c1-20-19-26(21(2)35(20)24-12-10-23(11-13-24)34-15-17-37-18-16-34)29-28(27-5-3-4-14-32-27)33-30(38)36(29)25-8-6-22(31)7-9-25/h3-14,19,28-29H,15-18H2,1-2H3,(H,33,38)/t28-,29-/m0/s1. The molecule has 6 rings (SSSR count). The van der Waals surface area contributed by atoms with Gasteiger partial charge in [0.1, 0.15) is 0 Å². The third kappa shape index (κ3) is 4.61. The molecule has 0 radical (unpaired) electrons. The smallest absolute Gasteiger partial charge is 0.174 e. The van der Waals surface area contributed by atoms with E-state index >= 15 is 0 Å². The fraction of sp³-hybridized carbons (Fsp3) is 0.267. The van der Waals surface area contributed by atoms with E-state index in [1.54, 1.807) is 0 Å². The van der Waals surface area contributed by atoms with Crippen molar-refractivity contribution in [2.75, 3.05) is 36.1 Å². The highest BCUT2D eigenvalue weighted by molar-refractivity contribution is 9.10. The number of pyridine rings is 1. The number of nitrogens with one attached hydrogen (secondary N) is 1. The van der Waals surface area contributed by atoms with Crippen LogP contribution < -0.4 is 15.1 Å². The Morgan fingerprint density at radius 2 is 1.61 bits per heavy atom. The Kier molecular flexibility index (Phi) is 6.95. The van der Waals surface area contributed by atoms with E-state index in [0.29, 0.717) is 5.11 Å². The molecule has 6 nitrogen and oxygen atoms in total. The van der Waals surface area contributed by atoms with Crippen LogP contribution in [-0.4, -0.2) is 41.0 Å². The molecule has 4 heterocycles. The van der Waals surface area contributed by atoms with Crippen molar-refractivity contribution in [1.82, 2.24) is 14.9 Å². The monoisotopic (exact) mass is 587 g/mol. The van der Waals surface area contributed by atoms with Crippen LogP contribution in [0.2, 0.25) is 0 Å². The Labute approximate surface area is 237 Å². The number of rotatable bonds is 5. The minimum absolute atomic E-state index is 0.0499. The Balaban J connectivity index is 1.41. The van der Waals surface area contributed by atoms with Gasteiger partial charge in [0.2, 0.25) is 0 Å².